The highest BCUT2D eigenvalue weighted by Gasteiger charge is 2.20. The van der Waals surface area contributed by atoms with Gasteiger partial charge in [-0.2, -0.15) is 0 Å². The van der Waals surface area contributed by atoms with Gasteiger partial charge in [0.2, 0.25) is 11.8 Å². The number of carbonyl (C=O) groups excluding carboxylic acids is 2. The molecule has 0 atom stereocenters. The van der Waals surface area contributed by atoms with Crippen LogP contribution in [-0.2, 0) is 27.3 Å². The van der Waals surface area contributed by atoms with Crippen LogP contribution in [0.3, 0.4) is 0 Å². The first kappa shape index (κ1) is 17.4. The molecule has 0 aliphatic carbocycles. The molecule has 25 heavy (non-hydrogen) atoms. The molecule has 2 heterocycles. The van der Waals surface area contributed by atoms with Crippen molar-refractivity contribution in [1.29, 1.82) is 0 Å². The second kappa shape index (κ2) is 8.11. The van der Waals surface area contributed by atoms with E-state index in [0.717, 1.165) is 23.3 Å². The van der Waals surface area contributed by atoms with Crippen molar-refractivity contribution >= 4 is 22.8 Å². The third kappa shape index (κ3) is 4.36. The predicted molar refractivity (Wildman–Crippen MR) is 94.1 cm³/mol. The van der Waals surface area contributed by atoms with Gasteiger partial charge in [0, 0.05) is 33.0 Å². The fourth-order valence-corrected chi connectivity index (χ4v) is 3.05. The number of aryl methyl sites for hydroxylation is 1. The van der Waals surface area contributed by atoms with E-state index in [0.29, 0.717) is 39.3 Å². The summed E-state index contributed by atoms with van der Waals surface area (Å²) in [6, 6.07) is 7.86. The van der Waals surface area contributed by atoms with Gasteiger partial charge < -0.3 is 19.5 Å². The van der Waals surface area contributed by atoms with Gasteiger partial charge in [-0.15, -0.1) is 0 Å². The molecule has 1 aromatic carbocycles. The first-order valence-corrected chi connectivity index (χ1v) is 8.69. The minimum atomic E-state index is -0.0315. The van der Waals surface area contributed by atoms with Crippen LogP contribution in [0, 0.1) is 0 Å². The number of aromatic nitrogens is 2. The highest BCUT2D eigenvalue weighted by Crippen LogP contribution is 2.17. The quantitative estimate of drug-likeness (QED) is 0.792. The van der Waals surface area contributed by atoms with E-state index < -0.39 is 0 Å². The van der Waals surface area contributed by atoms with Crippen molar-refractivity contribution in [3.8, 4) is 0 Å². The average Bonchev–Trinajstić information content (AvgIpc) is 2.97. The number of benzene rings is 1. The van der Waals surface area contributed by atoms with Crippen molar-refractivity contribution in [2.45, 2.75) is 26.3 Å². The molecule has 7 heteroatoms. The van der Waals surface area contributed by atoms with E-state index in [1.807, 2.05) is 33.7 Å². The summed E-state index contributed by atoms with van der Waals surface area (Å²) in [4.78, 5) is 30.2. The highest BCUT2D eigenvalue weighted by molar-refractivity contribution is 5.81. The number of ether oxygens (including phenoxy) is 1. The molecule has 2 amide bonds. The molecule has 0 unspecified atom stereocenters. The lowest BCUT2D eigenvalue weighted by molar-refractivity contribution is -0.135. The number of morpholine rings is 1. The summed E-state index contributed by atoms with van der Waals surface area (Å²) in [5.41, 5.74) is 1.87. The number of imidazole rings is 1. The van der Waals surface area contributed by atoms with Gasteiger partial charge in [-0.25, -0.2) is 4.98 Å². The average molecular weight is 344 g/mol. The second-order valence-corrected chi connectivity index (χ2v) is 6.18. The largest absolute Gasteiger partial charge is 0.378 e. The van der Waals surface area contributed by atoms with Gasteiger partial charge in [-0.1, -0.05) is 12.1 Å². The molecule has 7 nitrogen and oxygen atoms in total. The predicted octanol–water partition coefficient (Wildman–Crippen LogP) is 0.964. The van der Waals surface area contributed by atoms with E-state index in [2.05, 4.69) is 10.3 Å². The standard InChI is InChI=1S/C18H24N4O3/c1-14(23)19-8-4-7-17-20-15-5-2-3-6-16(15)22(17)13-18(24)21-9-11-25-12-10-21/h2-3,5-6H,4,7-13H2,1H3,(H,19,23). The number of amides is 2. The first-order valence-electron chi connectivity index (χ1n) is 8.69. The number of rotatable bonds is 6. The second-order valence-electron chi connectivity index (χ2n) is 6.18. The van der Waals surface area contributed by atoms with Gasteiger partial charge in [0.05, 0.1) is 24.2 Å². The van der Waals surface area contributed by atoms with E-state index in [-0.39, 0.29) is 18.4 Å². The van der Waals surface area contributed by atoms with Crippen LogP contribution in [0.1, 0.15) is 19.2 Å². The monoisotopic (exact) mass is 344 g/mol. The van der Waals surface area contributed by atoms with Gasteiger partial charge >= 0.3 is 0 Å². The van der Waals surface area contributed by atoms with Crippen LogP contribution in [0.5, 0.6) is 0 Å². The van der Waals surface area contributed by atoms with Crippen LogP contribution in [0.4, 0.5) is 0 Å². The van der Waals surface area contributed by atoms with Crippen LogP contribution < -0.4 is 5.32 Å². The van der Waals surface area contributed by atoms with Gasteiger partial charge in [0.25, 0.3) is 0 Å². The van der Waals surface area contributed by atoms with E-state index in [1.54, 1.807) is 0 Å². The Kier molecular flexibility index (Phi) is 5.65. The molecule has 0 radical (unpaired) electrons. The lowest BCUT2D eigenvalue weighted by Crippen LogP contribution is -2.42. The Morgan fingerprint density at radius 3 is 2.76 bits per heavy atom. The molecular formula is C18H24N4O3. The van der Waals surface area contributed by atoms with Crippen molar-refractivity contribution in [3.63, 3.8) is 0 Å². The Labute approximate surface area is 147 Å². The summed E-state index contributed by atoms with van der Waals surface area (Å²) in [6.45, 7) is 4.88. The summed E-state index contributed by atoms with van der Waals surface area (Å²) in [7, 11) is 0. The molecule has 1 aliphatic rings. The van der Waals surface area contributed by atoms with E-state index >= 15 is 0 Å². The van der Waals surface area contributed by atoms with Gasteiger partial charge in [-0.3, -0.25) is 9.59 Å². The summed E-state index contributed by atoms with van der Waals surface area (Å²) < 4.78 is 7.32. The van der Waals surface area contributed by atoms with Crippen molar-refractivity contribution in [1.82, 2.24) is 19.8 Å². The summed E-state index contributed by atoms with van der Waals surface area (Å²) in [5.74, 6) is 0.943. The number of hydrogen-bond donors (Lipinski definition) is 1. The third-order valence-electron chi connectivity index (χ3n) is 4.34. The first-order chi connectivity index (χ1) is 12.1. The van der Waals surface area contributed by atoms with Gasteiger partial charge in [0.1, 0.15) is 12.4 Å². The zero-order valence-corrected chi connectivity index (χ0v) is 14.5. The molecule has 134 valence electrons. The Balaban J connectivity index is 1.75. The normalized spacial score (nSPS) is 14.7. The Hall–Kier alpha value is -2.41. The van der Waals surface area contributed by atoms with Crippen molar-refractivity contribution < 1.29 is 14.3 Å². The number of carbonyl (C=O) groups is 2. The Morgan fingerprint density at radius 1 is 1.24 bits per heavy atom. The minimum absolute atomic E-state index is 0.0315. The molecule has 0 saturated carbocycles. The molecule has 1 aliphatic heterocycles. The maximum absolute atomic E-state index is 12.6. The SMILES string of the molecule is CC(=O)NCCCc1nc2ccccc2n1CC(=O)N1CCOCC1. The van der Waals surface area contributed by atoms with E-state index in [4.69, 9.17) is 4.74 Å². The van der Waals surface area contributed by atoms with Crippen molar-refractivity contribution in [2.75, 3.05) is 32.8 Å². The summed E-state index contributed by atoms with van der Waals surface area (Å²) >= 11 is 0. The fourth-order valence-electron chi connectivity index (χ4n) is 3.05. The Morgan fingerprint density at radius 2 is 2.00 bits per heavy atom. The van der Waals surface area contributed by atoms with Crippen LogP contribution in [0.15, 0.2) is 24.3 Å². The topological polar surface area (TPSA) is 76.5 Å². The number of fused-ring (bicyclic) bond motifs is 1. The maximum atomic E-state index is 12.6. The fraction of sp³-hybridized carbons (Fsp3) is 0.500. The molecule has 1 N–H and O–H groups in total. The summed E-state index contributed by atoms with van der Waals surface area (Å²) in [6.07, 6.45) is 1.50. The van der Waals surface area contributed by atoms with Gasteiger partial charge in [0.15, 0.2) is 0 Å². The van der Waals surface area contributed by atoms with Crippen molar-refractivity contribution in [3.05, 3.63) is 30.1 Å². The zero-order chi connectivity index (χ0) is 17.6. The smallest absolute Gasteiger partial charge is 0.242 e. The number of nitrogens with one attached hydrogen (secondary N) is 1. The molecule has 1 fully saturated rings. The lowest BCUT2D eigenvalue weighted by Gasteiger charge is -2.27. The molecule has 1 aromatic heterocycles. The molecule has 0 spiro atoms. The Bertz CT molecular complexity index is 750. The van der Waals surface area contributed by atoms with Crippen LogP contribution >= 0.6 is 0 Å². The van der Waals surface area contributed by atoms with Crippen LogP contribution in [-0.4, -0.2) is 59.1 Å². The van der Waals surface area contributed by atoms with Crippen molar-refractivity contribution in [2.24, 2.45) is 0 Å². The molecule has 3 rings (SSSR count). The van der Waals surface area contributed by atoms with Crippen LogP contribution in [0.2, 0.25) is 0 Å². The lowest BCUT2D eigenvalue weighted by atomic mass is 10.3. The number of hydrogen-bond acceptors (Lipinski definition) is 4. The molecule has 2 aromatic rings. The number of para-hydroxylation sites is 2. The molecule has 1 saturated heterocycles. The van der Waals surface area contributed by atoms with E-state index in [9.17, 15) is 9.59 Å². The summed E-state index contributed by atoms with van der Waals surface area (Å²) in [5, 5.41) is 2.80. The van der Waals surface area contributed by atoms with Gasteiger partial charge in [-0.05, 0) is 18.6 Å². The molecule has 0 bridgehead atoms. The maximum Gasteiger partial charge on any atom is 0.242 e. The van der Waals surface area contributed by atoms with Crippen LogP contribution in [0.25, 0.3) is 11.0 Å². The third-order valence-corrected chi connectivity index (χ3v) is 4.34. The number of nitrogens with zero attached hydrogens (tertiary/aromatic N) is 3. The highest BCUT2D eigenvalue weighted by atomic mass is 16.5. The minimum Gasteiger partial charge on any atom is -0.378 e. The zero-order valence-electron chi connectivity index (χ0n) is 14.5. The molecular weight excluding hydrogens is 320 g/mol. The van der Waals surface area contributed by atoms with E-state index in [1.165, 1.54) is 6.92 Å².